The highest BCUT2D eigenvalue weighted by Crippen LogP contribution is 2.34. The minimum absolute atomic E-state index is 0.0709. The van der Waals surface area contributed by atoms with Crippen LogP contribution < -0.4 is 5.32 Å². The van der Waals surface area contributed by atoms with Gasteiger partial charge in [0.25, 0.3) is 9.84 Å². The van der Waals surface area contributed by atoms with Crippen LogP contribution in [0, 0.1) is 0 Å². The van der Waals surface area contributed by atoms with Gasteiger partial charge in [-0.15, -0.1) is 5.10 Å². The van der Waals surface area contributed by atoms with Gasteiger partial charge in [-0.25, -0.2) is 8.42 Å². The summed E-state index contributed by atoms with van der Waals surface area (Å²) in [6.45, 7) is 0.811. The number of sulfone groups is 1. The van der Waals surface area contributed by atoms with Crippen LogP contribution >= 0.6 is 0 Å². The van der Waals surface area contributed by atoms with Crippen molar-refractivity contribution in [3.8, 4) is 0 Å². The van der Waals surface area contributed by atoms with Crippen LogP contribution in [0.25, 0.3) is 0 Å². The predicted molar refractivity (Wildman–Crippen MR) is 72.8 cm³/mol. The smallest absolute Gasteiger partial charge is 0.384 e. The molecule has 0 radical (unpaired) electrons. The number of para-hydroxylation sites is 1. The molecule has 0 atom stereocenters. The van der Waals surface area contributed by atoms with Gasteiger partial charge in [0.15, 0.2) is 0 Å². The van der Waals surface area contributed by atoms with Crippen molar-refractivity contribution in [3.63, 3.8) is 0 Å². The highest BCUT2D eigenvalue weighted by atomic mass is 32.2. The van der Waals surface area contributed by atoms with E-state index in [2.05, 4.69) is 15.6 Å². The summed E-state index contributed by atoms with van der Waals surface area (Å²) in [6.07, 6.45) is 3.71. The first-order valence-electron chi connectivity index (χ1n) is 6.31. The number of nitrogens with zero attached hydrogens (tertiary/aromatic N) is 3. The molecule has 1 heterocycles. The van der Waals surface area contributed by atoms with Crippen molar-refractivity contribution in [1.29, 1.82) is 0 Å². The first-order valence-corrected chi connectivity index (χ1v) is 7.79. The maximum absolute atomic E-state index is 12.6. The Labute approximate surface area is 124 Å². The number of aryl methyl sites for hydroxylation is 1. The lowest BCUT2D eigenvalue weighted by Crippen LogP contribution is -2.24. The lowest BCUT2D eigenvalue weighted by atomic mass is 10.3. The zero-order valence-electron chi connectivity index (χ0n) is 11.3. The molecule has 0 saturated heterocycles. The number of hydrogen-bond donors (Lipinski definition) is 1. The van der Waals surface area contributed by atoms with E-state index in [1.807, 2.05) is 0 Å². The Morgan fingerprint density at radius 2 is 1.95 bits per heavy atom. The number of nitrogens with one attached hydrogen (secondary N) is 1. The number of rotatable bonds is 6. The summed E-state index contributed by atoms with van der Waals surface area (Å²) in [6, 6.07) is 4.95. The molecule has 0 saturated carbocycles. The molecule has 0 bridgehead atoms. The molecular formula is C12H13F3N4O2S. The largest absolute Gasteiger partial charge is 0.501 e. The standard InChI is InChI=1S/C12H13F3N4O2S/c13-12(14,15)22(20,21)11-5-2-1-4-10(11)16-6-3-8-19-9-7-17-18-19/h1-2,4-5,7,9,16H,3,6,8H2. The molecule has 0 aliphatic rings. The Balaban J connectivity index is 2.06. The average Bonchev–Trinajstić information content (AvgIpc) is 2.96. The summed E-state index contributed by atoms with van der Waals surface area (Å²) < 4.78 is 62.5. The lowest BCUT2D eigenvalue weighted by molar-refractivity contribution is -0.0435. The Kier molecular flexibility index (Phi) is 4.69. The number of aromatic nitrogens is 3. The third-order valence-corrected chi connectivity index (χ3v) is 4.38. The van der Waals surface area contributed by atoms with Gasteiger partial charge >= 0.3 is 5.51 Å². The molecule has 0 fully saturated rings. The Morgan fingerprint density at radius 1 is 1.23 bits per heavy atom. The second kappa shape index (κ2) is 6.34. The van der Waals surface area contributed by atoms with Gasteiger partial charge in [-0.05, 0) is 18.6 Å². The molecule has 0 spiro atoms. The van der Waals surface area contributed by atoms with Gasteiger partial charge < -0.3 is 5.32 Å². The van der Waals surface area contributed by atoms with E-state index in [0.717, 1.165) is 6.07 Å². The molecule has 10 heteroatoms. The van der Waals surface area contributed by atoms with E-state index < -0.39 is 20.2 Å². The van der Waals surface area contributed by atoms with Crippen molar-refractivity contribution in [1.82, 2.24) is 15.0 Å². The highest BCUT2D eigenvalue weighted by molar-refractivity contribution is 7.92. The van der Waals surface area contributed by atoms with Gasteiger partial charge in [0.2, 0.25) is 0 Å². The van der Waals surface area contributed by atoms with E-state index in [1.165, 1.54) is 24.4 Å². The van der Waals surface area contributed by atoms with Crippen LogP contribution in [0.5, 0.6) is 0 Å². The third kappa shape index (κ3) is 3.56. The molecular weight excluding hydrogens is 321 g/mol. The van der Waals surface area contributed by atoms with Crippen LogP contribution in [0.2, 0.25) is 0 Å². The van der Waals surface area contributed by atoms with Crippen molar-refractivity contribution in [2.75, 3.05) is 11.9 Å². The zero-order chi connectivity index (χ0) is 16.2. The van der Waals surface area contributed by atoms with Gasteiger partial charge in [0.05, 0.1) is 16.8 Å². The van der Waals surface area contributed by atoms with Crippen molar-refractivity contribution in [2.45, 2.75) is 23.4 Å². The summed E-state index contributed by atoms with van der Waals surface area (Å²) in [4.78, 5) is -0.775. The van der Waals surface area contributed by atoms with Gasteiger partial charge in [0.1, 0.15) is 0 Å². The van der Waals surface area contributed by atoms with Crippen LogP contribution in [-0.2, 0) is 16.4 Å². The molecule has 1 aromatic carbocycles. The summed E-state index contributed by atoms with van der Waals surface area (Å²) in [5.74, 6) is 0. The van der Waals surface area contributed by atoms with E-state index in [0.29, 0.717) is 19.5 Å². The number of benzene rings is 1. The summed E-state index contributed by atoms with van der Waals surface area (Å²) in [5, 5.41) is 10.1. The monoisotopic (exact) mass is 334 g/mol. The molecule has 2 rings (SSSR count). The first-order chi connectivity index (χ1) is 10.3. The van der Waals surface area contributed by atoms with Crippen LogP contribution in [-0.4, -0.2) is 35.5 Å². The minimum atomic E-state index is -5.38. The van der Waals surface area contributed by atoms with Gasteiger partial charge in [0, 0.05) is 19.3 Å². The fourth-order valence-corrected chi connectivity index (χ4v) is 2.72. The summed E-state index contributed by atoms with van der Waals surface area (Å²) in [7, 11) is -5.38. The quantitative estimate of drug-likeness (QED) is 0.819. The van der Waals surface area contributed by atoms with E-state index in [1.54, 1.807) is 10.9 Å². The van der Waals surface area contributed by atoms with E-state index in [9.17, 15) is 21.6 Å². The van der Waals surface area contributed by atoms with Crippen molar-refractivity contribution in [3.05, 3.63) is 36.7 Å². The van der Waals surface area contributed by atoms with Crippen LogP contribution in [0.3, 0.4) is 0 Å². The lowest BCUT2D eigenvalue weighted by Gasteiger charge is -2.14. The van der Waals surface area contributed by atoms with Crippen molar-refractivity contribution >= 4 is 15.5 Å². The second-order valence-electron chi connectivity index (χ2n) is 4.39. The van der Waals surface area contributed by atoms with E-state index >= 15 is 0 Å². The first kappa shape index (κ1) is 16.3. The topological polar surface area (TPSA) is 76.9 Å². The van der Waals surface area contributed by atoms with E-state index in [4.69, 9.17) is 0 Å². The molecule has 1 N–H and O–H groups in total. The third-order valence-electron chi connectivity index (χ3n) is 2.83. The van der Waals surface area contributed by atoms with Crippen LogP contribution in [0.1, 0.15) is 6.42 Å². The normalized spacial score (nSPS) is 12.3. The molecule has 120 valence electrons. The Bertz CT molecular complexity index is 714. The fraction of sp³-hybridized carbons (Fsp3) is 0.333. The van der Waals surface area contributed by atoms with Crippen molar-refractivity contribution < 1.29 is 21.6 Å². The van der Waals surface area contributed by atoms with Crippen LogP contribution in [0.15, 0.2) is 41.6 Å². The maximum atomic E-state index is 12.6. The molecule has 0 amide bonds. The van der Waals surface area contributed by atoms with Gasteiger partial charge in [-0.1, -0.05) is 17.3 Å². The Morgan fingerprint density at radius 3 is 2.59 bits per heavy atom. The SMILES string of the molecule is O=S(=O)(c1ccccc1NCCCn1ccnn1)C(F)(F)F. The summed E-state index contributed by atoms with van der Waals surface area (Å²) >= 11 is 0. The fourth-order valence-electron chi connectivity index (χ4n) is 1.79. The number of alkyl halides is 3. The van der Waals surface area contributed by atoms with Crippen LogP contribution in [0.4, 0.5) is 18.9 Å². The van der Waals surface area contributed by atoms with Gasteiger partial charge in [-0.2, -0.15) is 13.2 Å². The molecule has 0 aliphatic heterocycles. The average molecular weight is 334 g/mol. The predicted octanol–water partition coefficient (Wildman–Crippen LogP) is 2.07. The minimum Gasteiger partial charge on any atom is -0.384 e. The number of anilines is 1. The highest BCUT2D eigenvalue weighted by Gasteiger charge is 2.47. The van der Waals surface area contributed by atoms with Crippen molar-refractivity contribution in [2.24, 2.45) is 0 Å². The molecule has 0 unspecified atom stereocenters. The molecule has 1 aromatic heterocycles. The summed E-state index contributed by atoms with van der Waals surface area (Å²) in [5.41, 5.74) is -5.40. The zero-order valence-corrected chi connectivity index (χ0v) is 12.1. The second-order valence-corrected chi connectivity index (χ2v) is 6.30. The maximum Gasteiger partial charge on any atom is 0.501 e. The molecule has 6 nitrogen and oxygen atoms in total. The molecule has 22 heavy (non-hydrogen) atoms. The number of hydrogen-bond acceptors (Lipinski definition) is 5. The number of halogens is 3. The molecule has 2 aromatic rings. The van der Waals surface area contributed by atoms with E-state index in [-0.39, 0.29) is 5.69 Å². The van der Waals surface area contributed by atoms with Gasteiger partial charge in [-0.3, -0.25) is 4.68 Å². The molecule has 0 aliphatic carbocycles. The Hall–Kier alpha value is -2.10.